The Hall–Kier alpha value is -7.17. The van der Waals surface area contributed by atoms with Crippen LogP contribution >= 0.6 is 0 Å². The van der Waals surface area contributed by atoms with Crippen molar-refractivity contribution in [3.05, 3.63) is 176 Å². The van der Waals surface area contributed by atoms with E-state index in [0.717, 1.165) is 71.1 Å². The summed E-state index contributed by atoms with van der Waals surface area (Å²) in [5.41, 5.74) is 6.98. The molecular weight excluding hydrogens is 647 g/mol. The lowest BCUT2D eigenvalue weighted by Gasteiger charge is -2.17. The van der Waals surface area contributed by atoms with Gasteiger partial charge >= 0.3 is 0 Å². The van der Waals surface area contributed by atoms with E-state index in [1.165, 1.54) is 21.7 Å². The van der Waals surface area contributed by atoms with Crippen molar-refractivity contribution < 1.29 is 4.42 Å². The van der Waals surface area contributed by atoms with Gasteiger partial charge in [-0.05, 0) is 61.0 Å². The van der Waals surface area contributed by atoms with E-state index in [1.54, 1.807) is 0 Å². The lowest BCUT2D eigenvalue weighted by molar-refractivity contribution is 0.673. The van der Waals surface area contributed by atoms with Crippen LogP contribution in [0.2, 0.25) is 0 Å². The predicted molar refractivity (Wildman–Crippen MR) is 219 cm³/mol. The van der Waals surface area contributed by atoms with Gasteiger partial charge in [0, 0.05) is 32.8 Å². The molecule has 0 amide bonds. The average Bonchev–Trinajstić information content (AvgIpc) is 3.63. The van der Waals surface area contributed by atoms with Crippen molar-refractivity contribution in [3.8, 4) is 45.3 Å². The van der Waals surface area contributed by atoms with Crippen LogP contribution in [-0.2, 0) is 0 Å². The SMILES string of the molecule is c1ccc(-c2nc(-c3ccccc3)nc(-c3c4ccccc4c(-c4ccc5oc6c7ccccc7c7ccccc7c6c5c4)c4ccccc34)n2)cc1. The molecule has 0 N–H and O–H groups in total. The highest BCUT2D eigenvalue weighted by atomic mass is 16.3. The minimum atomic E-state index is 0.642. The second-order valence-electron chi connectivity index (χ2n) is 13.5. The van der Waals surface area contributed by atoms with E-state index in [2.05, 4.69) is 140 Å². The van der Waals surface area contributed by atoms with Crippen molar-refractivity contribution in [3.63, 3.8) is 0 Å². The second kappa shape index (κ2) is 11.7. The maximum atomic E-state index is 6.69. The Bertz CT molecular complexity index is 3110. The maximum Gasteiger partial charge on any atom is 0.165 e. The molecule has 0 bridgehead atoms. The molecule has 4 nitrogen and oxygen atoms in total. The summed E-state index contributed by atoms with van der Waals surface area (Å²) in [7, 11) is 0. The summed E-state index contributed by atoms with van der Waals surface area (Å²) >= 11 is 0. The average molecular weight is 676 g/mol. The molecule has 9 aromatic carbocycles. The van der Waals surface area contributed by atoms with Crippen LogP contribution in [0.1, 0.15) is 0 Å². The molecule has 11 aromatic rings. The van der Waals surface area contributed by atoms with Gasteiger partial charge in [-0.3, -0.25) is 0 Å². The number of hydrogen-bond acceptors (Lipinski definition) is 4. The molecule has 0 aliphatic rings. The van der Waals surface area contributed by atoms with Gasteiger partial charge in [-0.1, -0.05) is 164 Å². The molecule has 0 aliphatic heterocycles. The minimum Gasteiger partial charge on any atom is -0.455 e. The second-order valence-corrected chi connectivity index (χ2v) is 13.5. The molecule has 4 heteroatoms. The summed E-state index contributed by atoms with van der Waals surface area (Å²) in [4.78, 5) is 15.4. The Morgan fingerprint density at radius 3 is 1.30 bits per heavy atom. The fourth-order valence-electron chi connectivity index (χ4n) is 8.16. The molecule has 0 unspecified atom stereocenters. The van der Waals surface area contributed by atoms with Crippen molar-refractivity contribution in [1.29, 1.82) is 0 Å². The first-order chi connectivity index (χ1) is 26.3. The van der Waals surface area contributed by atoms with Crippen LogP contribution in [0.15, 0.2) is 180 Å². The van der Waals surface area contributed by atoms with Gasteiger partial charge in [0.1, 0.15) is 11.2 Å². The van der Waals surface area contributed by atoms with E-state index in [4.69, 9.17) is 19.4 Å². The van der Waals surface area contributed by atoms with Crippen molar-refractivity contribution in [2.24, 2.45) is 0 Å². The highest BCUT2D eigenvalue weighted by molar-refractivity contribution is 6.31. The third-order valence-corrected chi connectivity index (χ3v) is 10.5. The van der Waals surface area contributed by atoms with Gasteiger partial charge in [0.2, 0.25) is 0 Å². The molecule has 0 saturated heterocycles. The normalized spacial score (nSPS) is 11.8. The first-order valence-electron chi connectivity index (χ1n) is 17.9. The Morgan fingerprint density at radius 1 is 0.302 bits per heavy atom. The standard InChI is InChI=1S/C49H29N3O/c1-3-15-30(16-4-1)47-50-48(31-17-5-2-6-18-31)52-49(51-47)45-38-24-12-10-22-36(38)43(37-23-11-13-25-39(37)45)32-27-28-42-41(29-32)44-35-21-9-7-19-33(35)34-20-8-14-26-40(34)46(44)53-42/h1-29H. The van der Waals surface area contributed by atoms with Gasteiger partial charge in [0.05, 0.1) is 0 Å². The summed E-state index contributed by atoms with van der Waals surface area (Å²) in [6.07, 6.45) is 0. The van der Waals surface area contributed by atoms with Crippen LogP contribution in [-0.4, -0.2) is 15.0 Å². The van der Waals surface area contributed by atoms with E-state index in [0.29, 0.717) is 17.5 Å². The fourth-order valence-corrected chi connectivity index (χ4v) is 8.16. The largest absolute Gasteiger partial charge is 0.455 e. The quantitative estimate of drug-likeness (QED) is 0.138. The number of hydrogen-bond donors (Lipinski definition) is 0. The van der Waals surface area contributed by atoms with Gasteiger partial charge in [-0.15, -0.1) is 0 Å². The first kappa shape index (κ1) is 29.5. The zero-order chi connectivity index (χ0) is 34.9. The molecule has 246 valence electrons. The Balaban J connectivity index is 1.21. The molecule has 0 fully saturated rings. The fraction of sp³-hybridized carbons (Fsp3) is 0. The van der Waals surface area contributed by atoms with Crippen LogP contribution < -0.4 is 0 Å². The van der Waals surface area contributed by atoms with Crippen LogP contribution in [0.4, 0.5) is 0 Å². The monoisotopic (exact) mass is 675 g/mol. The number of rotatable bonds is 4. The number of nitrogens with zero attached hydrogens (tertiary/aromatic N) is 3. The molecule has 0 spiro atoms. The summed E-state index contributed by atoms with van der Waals surface area (Å²) in [6.45, 7) is 0. The summed E-state index contributed by atoms with van der Waals surface area (Å²) in [6, 6.07) is 61.4. The molecular formula is C49H29N3O. The Morgan fingerprint density at radius 2 is 0.736 bits per heavy atom. The number of benzene rings is 9. The van der Waals surface area contributed by atoms with E-state index >= 15 is 0 Å². The van der Waals surface area contributed by atoms with Crippen LogP contribution in [0.5, 0.6) is 0 Å². The molecule has 2 aromatic heterocycles. The third kappa shape index (κ3) is 4.59. The highest BCUT2D eigenvalue weighted by Gasteiger charge is 2.22. The van der Waals surface area contributed by atoms with Crippen molar-refractivity contribution in [1.82, 2.24) is 15.0 Å². The topological polar surface area (TPSA) is 51.8 Å². The van der Waals surface area contributed by atoms with Gasteiger partial charge in [0.25, 0.3) is 0 Å². The Kier molecular flexibility index (Phi) is 6.52. The van der Waals surface area contributed by atoms with E-state index in [9.17, 15) is 0 Å². The van der Waals surface area contributed by atoms with Crippen molar-refractivity contribution in [2.45, 2.75) is 0 Å². The molecule has 0 saturated carbocycles. The maximum absolute atomic E-state index is 6.69. The van der Waals surface area contributed by atoms with E-state index in [-0.39, 0.29) is 0 Å². The zero-order valence-electron chi connectivity index (χ0n) is 28.5. The molecule has 0 atom stereocenters. The Labute approximate surface area is 304 Å². The number of fused-ring (bicyclic) bond motifs is 10. The number of furan rings is 1. The summed E-state index contributed by atoms with van der Waals surface area (Å²) < 4.78 is 6.69. The molecule has 2 heterocycles. The van der Waals surface area contributed by atoms with Crippen LogP contribution in [0.25, 0.3) is 110 Å². The summed E-state index contributed by atoms with van der Waals surface area (Å²) in [5.74, 6) is 1.93. The van der Waals surface area contributed by atoms with E-state index in [1.807, 2.05) is 36.4 Å². The van der Waals surface area contributed by atoms with E-state index < -0.39 is 0 Å². The lowest BCUT2D eigenvalue weighted by Crippen LogP contribution is -2.01. The summed E-state index contributed by atoms with van der Waals surface area (Å²) in [5, 5.41) is 11.4. The smallest absolute Gasteiger partial charge is 0.165 e. The molecule has 11 rings (SSSR count). The van der Waals surface area contributed by atoms with Gasteiger partial charge in [-0.25, -0.2) is 15.0 Å². The third-order valence-electron chi connectivity index (χ3n) is 10.5. The van der Waals surface area contributed by atoms with Gasteiger partial charge in [-0.2, -0.15) is 0 Å². The van der Waals surface area contributed by atoms with Gasteiger partial charge < -0.3 is 4.42 Å². The molecule has 0 aliphatic carbocycles. The van der Waals surface area contributed by atoms with Gasteiger partial charge in [0.15, 0.2) is 17.5 Å². The minimum absolute atomic E-state index is 0.642. The predicted octanol–water partition coefficient (Wildman–Crippen LogP) is 13.1. The lowest BCUT2D eigenvalue weighted by atomic mass is 9.87. The first-order valence-corrected chi connectivity index (χ1v) is 17.9. The highest BCUT2D eigenvalue weighted by Crippen LogP contribution is 2.46. The number of aromatic nitrogens is 3. The molecule has 53 heavy (non-hydrogen) atoms. The van der Waals surface area contributed by atoms with Crippen LogP contribution in [0.3, 0.4) is 0 Å². The van der Waals surface area contributed by atoms with Crippen molar-refractivity contribution in [2.75, 3.05) is 0 Å². The zero-order valence-corrected chi connectivity index (χ0v) is 28.5. The molecule has 0 radical (unpaired) electrons. The van der Waals surface area contributed by atoms with Crippen LogP contribution in [0, 0.1) is 0 Å². The van der Waals surface area contributed by atoms with Crippen molar-refractivity contribution >= 4 is 65.0 Å².